The van der Waals surface area contributed by atoms with Crippen molar-refractivity contribution in [1.82, 2.24) is 15.3 Å². The Morgan fingerprint density at radius 3 is 2.40 bits per heavy atom. The Morgan fingerprint density at radius 2 is 1.90 bits per heavy atom. The van der Waals surface area contributed by atoms with Gasteiger partial charge in [0.05, 0.1) is 11.9 Å². The maximum absolute atomic E-state index is 12.3. The summed E-state index contributed by atoms with van der Waals surface area (Å²) in [5.74, 6) is 1.28. The predicted octanol–water partition coefficient (Wildman–Crippen LogP) is 2.81. The Balaban J connectivity index is 2.92. The number of hydrogen-bond donors (Lipinski definition) is 2. The Morgan fingerprint density at radius 1 is 1.25 bits per heavy atom. The molecule has 0 spiro atoms. The van der Waals surface area contributed by atoms with Crippen molar-refractivity contribution in [2.45, 2.75) is 53.0 Å². The van der Waals surface area contributed by atoms with E-state index in [-0.39, 0.29) is 17.9 Å². The van der Waals surface area contributed by atoms with Crippen LogP contribution in [0, 0.1) is 5.92 Å². The molecule has 0 aliphatic heterocycles. The van der Waals surface area contributed by atoms with E-state index in [1.54, 1.807) is 13.2 Å². The first kappa shape index (κ1) is 16.4. The highest BCUT2D eigenvalue weighted by molar-refractivity contribution is 5.97. The molecule has 5 nitrogen and oxygen atoms in total. The fourth-order valence-corrected chi connectivity index (χ4v) is 2.09. The molecule has 112 valence electrons. The molecule has 1 unspecified atom stereocenters. The van der Waals surface area contributed by atoms with Crippen LogP contribution >= 0.6 is 0 Å². The molecule has 0 radical (unpaired) electrons. The molecule has 0 bridgehead atoms. The second-order valence-electron chi connectivity index (χ2n) is 5.90. The van der Waals surface area contributed by atoms with E-state index in [1.807, 2.05) is 20.8 Å². The molecule has 0 aliphatic carbocycles. The van der Waals surface area contributed by atoms with E-state index in [0.29, 0.717) is 23.1 Å². The molecule has 5 heteroatoms. The number of nitrogens with zero attached hydrogens (tertiary/aromatic N) is 2. The van der Waals surface area contributed by atoms with Gasteiger partial charge in [0.2, 0.25) is 0 Å². The number of rotatable bonds is 6. The second-order valence-corrected chi connectivity index (χ2v) is 5.90. The summed E-state index contributed by atoms with van der Waals surface area (Å²) in [5.41, 5.74) is 1.07. The molecule has 0 saturated carbocycles. The first-order chi connectivity index (χ1) is 9.35. The Labute approximate surface area is 121 Å². The number of hydrogen-bond acceptors (Lipinski definition) is 4. The average molecular weight is 278 g/mol. The standard InChI is InChI=1S/C15H26N4O/c1-9(2)7-11(5)18-15(20)13-12(16-6)8-17-14(19-13)10(3)4/h8-11,16H,7H2,1-6H3,(H,18,20). The number of aromatic nitrogens is 2. The van der Waals surface area contributed by atoms with Gasteiger partial charge in [-0.2, -0.15) is 0 Å². The zero-order valence-corrected chi connectivity index (χ0v) is 13.3. The van der Waals surface area contributed by atoms with Crippen molar-refractivity contribution in [3.8, 4) is 0 Å². The van der Waals surface area contributed by atoms with Gasteiger partial charge < -0.3 is 10.6 Å². The summed E-state index contributed by atoms with van der Waals surface area (Å²) in [7, 11) is 1.77. The van der Waals surface area contributed by atoms with Gasteiger partial charge in [0, 0.05) is 19.0 Å². The molecule has 0 aromatic carbocycles. The van der Waals surface area contributed by atoms with Crippen molar-refractivity contribution in [2.24, 2.45) is 5.92 Å². The van der Waals surface area contributed by atoms with Crippen LogP contribution in [0.2, 0.25) is 0 Å². The van der Waals surface area contributed by atoms with Crippen molar-refractivity contribution >= 4 is 11.6 Å². The van der Waals surface area contributed by atoms with Crippen LogP contribution in [0.3, 0.4) is 0 Å². The predicted molar refractivity (Wildman–Crippen MR) is 82.1 cm³/mol. The Kier molecular flexibility index (Phi) is 5.92. The lowest BCUT2D eigenvalue weighted by molar-refractivity contribution is 0.0931. The first-order valence-corrected chi connectivity index (χ1v) is 7.20. The van der Waals surface area contributed by atoms with Crippen molar-refractivity contribution in [3.63, 3.8) is 0 Å². The van der Waals surface area contributed by atoms with Crippen molar-refractivity contribution in [1.29, 1.82) is 0 Å². The van der Waals surface area contributed by atoms with Gasteiger partial charge in [-0.05, 0) is 19.3 Å². The summed E-state index contributed by atoms with van der Waals surface area (Å²) in [5, 5.41) is 5.97. The lowest BCUT2D eigenvalue weighted by atomic mass is 10.1. The fourth-order valence-electron chi connectivity index (χ4n) is 2.09. The smallest absolute Gasteiger partial charge is 0.272 e. The molecule has 0 fully saturated rings. The summed E-state index contributed by atoms with van der Waals surface area (Å²) in [4.78, 5) is 21.0. The van der Waals surface area contributed by atoms with E-state index in [1.165, 1.54) is 0 Å². The Bertz CT molecular complexity index is 457. The van der Waals surface area contributed by atoms with E-state index in [9.17, 15) is 4.79 Å². The van der Waals surface area contributed by atoms with Gasteiger partial charge in [-0.25, -0.2) is 9.97 Å². The van der Waals surface area contributed by atoms with Gasteiger partial charge in [0.1, 0.15) is 5.82 Å². The lowest BCUT2D eigenvalue weighted by Crippen LogP contribution is -2.34. The van der Waals surface area contributed by atoms with E-state index in [2.05, 4.69) is 34.4 Å². The summed E-state index contributed by atoms with van der Waals surface area (Å²) in [6.07, 6.45) is 2.62. The molecule has 1 aromatic heterocycles. The summed E-state index contributed by atoms with van der Waals surface area (Å²) < 4.78 is 0. The minimum Gasteiger partial charge on any atom is -0.385 e. The summed E-state index contributed by atoms with van der Waals surface area (Å²) in [6, 6.07) is 0.129. The maximum Gasteiger partial charge on any atom is 0.272 e. The fraction of sp³-hybridized carbons (Fsp3) is 0.667. The second kappa shape index (κ2) is 7.22. The van der Waals surface area contributed by atoms with Crippen LogP contribution in [0.1, 0.15) is 63.3 Å². The third kappa shape index (κ3) is 4.47. The van der Waals surface area contributed by atoms with Crippen LogP contribution < -0.4 is 10.6 Å². The zero-order chi connectivity index (χ0) is 15.3. The van der Waals surface area contributed by atoms with Crippen molar-refractivity contribution in [3.05, 3.63) is 17.7 Å². The van der Waals surface area contributed by atoms with Crippen LogP contribution in [0.25, 0.3) is 0 Å². The van der Waals surface area contributed by atoms with Crippen LogP contribution in [-0.2, 0) is 0 Å². The molecular weight excluding hydrogens is 252 g/mol. The van der Waals surface area contributed by atoms with Gasteiger partial charge in [-0.1, -0.05) is 27.7 Å². The molecule has 0 aliphatic rings. The largest absolute Gasteiger partial charge is 0.385 e. The highest BCUT2D eigenvalue weighted by Crippen LogP contribution is 2.16. The molecule has 20 heavy (non-hydrogen) atoms. The quantitative estimate of drug-likeness (QED) is 0.839. The normalized spacial score (nSPS) is 12.6. The van der Waals surface area contributed by atoms with Gasteiger partial charge in [0.25, 0.3) is 5.91 Å². The highest BCUT2D eigenvalue weighted by Gasteiger charge is 2.18. The van der Waals surface area contributed by atoms with Gasteiger partial charge in [-0.15, -0.1) is 0 Å². The summed E-state index contributed by atoms with van der Waals surface area (Å²) >= 11 is 0. The molecule has 1 aromatic rings. The number of carbonyl (C=O) groups is 1. The van der Waals surface area contributed by atoms with Crippen molar-refractivity contribution < 1.29 is 4.79 Å². The van der Waals surface area contributed by atoms with Gasteiger partial charge >= 0.3 is 0 Å². The van der Waals surface area contributed by atoms with Gasteiger partial charge in [0.15, 0.2) is 5.69 Å². The van der Waals surface area contributed by atoms with Crippen LogP contribution in [0.15, 0.2) is 6.20 Å². The van der Waals surface area contributed by atoms with Crippen LogP contribution in [-0.4, -0.2) is 29.0 Å². The number of anilines is 1. The van der Waals surface area contributed by atoms with E-state index in [0.717, 1.165) is 6.42 Å². The molecule has 0 saturated heterocycles. The zero-order valence-electron chi connectivity index (χ0n) is 13.3. The monoisotopic (exact) mass is 278 g/mol. The maximum atomic E-state index is 12.3. The first-order valence-electron chi connectivity index (χ1n) is 7.20. The SMILES string of the molecule is CNc1cnc(C(C)C)nc1C(=O)NC(C)CC(C)C. The minimum absolute atomic E-state index is 0.129. The lowest BCUT2D eigenvalue weighted by Gasteiger charge is -2.17. The molecule has 1 atom stereocenters. The van der Waals surface area contributed by atoms with Crippen LogP contribution in [0.4, 0.5) is 5.69 Å². The topological polar surface area (TPSA) is 66.9 Å². The van der Waals surface area contributed by atoms with E-state index < -0.39 is 0 Å². The molecule has 1 rings (SSSR count). The Hall–Kier alpha value is -1.65. The number of amides is 1. The van der Waals surface area contributed by atoms with E-state index >= 15 is 0 Å². The highest BCUT2D eigenvalue weighted by atomic mass is 16.2. The molecular formula is C15H26N4O. The van der Waals surface area contributed by atoms with E-state index in [4.69, 9.17) is 0 Å². The van der Waals surface area contributed by atoms with Crippen LogP contribution in [0.5, 0.6) is 0 Å². The third-order valence-electron chi connectivity index (χ3n) is 3.01. The number of nitrogens with one attached hydrogen (secondary N) is 2. The third-order valence-corrected chi connectivity index (χ3v) is 3.01. The van der Waals surface area contributed by atoms with Gasteiger partial charge in [-0.3, -0.25) is 4.79 Å². The molecule has 1 amide bonds. The molecule has 2 N–H and O–H groups in total. The average Bonchev–Trinajstić information content (AvgIpc) is 2.36. The minimum atomic E-state index is -0.146. The van der Waals surface area contributed by atoms with Crippen molar-refractivity contribution in [2.75, 3.05) is 12.4 Å². The number of carbonyl (C=O) groups excluding carboxylic acids is 1. The summed E-state index contributed by atoms with van der Waals surface area (Å²) in [6.45, 7) is 10.3. The molecule has 1 heterocycles.